The summed E-state index contributed by atoms with van der Waals surface area (Å²) >= 11 is 0. The quantitative estimate of drug-likeness (QED) is 0.843. The fraction of sp³-hybridized carbons (Fsp3) is 0.556. The Morgan fingerprint density at radius 1 is 1.39 bits per heavy atom. The Morgan fingerprint density at radius 2 is 2.13 bits per heavy atom. The average Bonchev–Trinajstić information content (AvgIpc) is 2.54. The molecular weight excluding hydrogens is 292 g/mol. The second kappa shape index (κ2) is 7.59. The number of nitrogens with zero attached hydrogens (tertiary/aromatic N) is 1. The first-order valence-electron chi connectivity index (χ1n) is 8.13. The van der Waals surface area contributed by atoms with Crippen LogP contribution in [0.3, 0.4) is 0 Å². The summed E-state index contributed by atoms with van der Waals surface area (Å²) in [6.45, 7) is 4.95. The maximum absolute atomic E-state index is 12.7. The van der Waals surface area contributed by atoms with Crippen molar-refractivity contribution in [2.45, 2.75) is 39.2 Å². The fourth-order valence-electron chi connectivity index (χ4n) is 3.20. The van der Waals surface area contributed by atoms with Gasteiger partial charge in [0.15, 0.2) is 5.78 Å². The molecule has 1 aliphatic rings. The van der Waals surface area contributed by atoms with Gasteiger partial charge in [-0.3, -0.25) is 9.59 Å². The van der Waals surface area contributed by atoms with Crippen LogP contribution in [-0.2, 0) is 11.2 Å². The second-order valence-corrected chi connectivity index (χ2v) is 6.37. The third-order valence-corrected chi connectivity index (χ3v) is 4.60. The molecule has 0 saturated carbocycles. The molecule has 5 nitrogen and oxygen atoms in total. The van der Waals surface area contributed by atoms with Crippen LogP contribution in [0.25, 0.3) is 0 Å². The minimum absolute atomic E-state index is 0.0204. The van der Waals surface area contributed by atoms with Gasteiger partial charge >= 0.3 is 0 Å². The molecule has 126 valence electrons. The number of ether oxygens (including phenoxy) is 1. The molecule has 2 N–H and O–H groups in total. The lowest BCUT2D eigenvalue weighted by atomic mass is 9.92. The van der Waals surface area contributed by atoms with Crippen LogP contribution in [0.5, 0.6) is 5.75 Å². The van der Waals surface area contributed by atoms with Crippen molar-refractivity contribution < 1.29 is 14.3 Å². The molecule has 1 aromatic carbocycles. The zero-order valence-corrected chi connectivity index (χ0v) is 14.2. The zero-order chi connectivity index (χ0) is 17.0. The van der Waals surface area contributed by atoms with Gasteiger partial charge in [0.05, 0.1) is 13.5 Å². The molecule has 1 aromatic rings. The number of piperidine rings is 1. The van der Waals surface area contributed by atoms with Crippen molar-refractivity contribution in [1.82, 2.24) is 4.90 Å². The van der Waals surface area contributed by atoms with E-state index in [1.165, 1.54) is 6.92 Å². The zero-order valence-electron chi connectivity index (χ0n) is 14.2. The van der Waals surface area contributed by atoms with Gasteiger partial charge in [0.1, 0.15) is 5.75 Å². The molecule has 1 amide bonds. The van der Waals surface area contributed by atoms with Crippen LogP contribution in [0.1, 0.15) is 42.6 Å². The van der Waals surface area contributed by atoms with Crippen molar-refractivity contribution in [2.24, 2.45) is 11.7 Å². The largest absolute Gasteiger partial charge is 0.496 e. The number of likely N-dealkylation sites (tertiary alicyclic amines) is 1. The number of carbonyl (C=O) groups excluding carboxylic acids is 2. The summed E-state index contributed by atoms with van der Waals surface area (Å²) in [6, 6.07) is 5.33. The predicted molar refractivity (Wildman–Crippen MR) is 89.7 cm³/mol. The van der Waals surface area contributed by atoms with E-state index in [1.54, 1.807) is 25.3 Å². The summed E-state index contributed by atoms with van der Waals surface area (Å²) in [5.41, 5.74) is 7.19. The van der Waals surface area contributed by atoms with Gasteiger partial charge in [0.25, 0.3) is 0 Å². The summed E-state index contributed by atoms with van der Waals surface area (Å²) in [5.74, 6) is 1.26. The lowest BCUT2D eigenvalue weighted by molar-refractivity contribution is -0.134. The number of nitrogens with two attached hydrogens (primary N) is 1. The molecule has 1 fully saturated rings. The predicted octanol–water partition coefficient (Wildman–Crippen LogP) is 2.03. The smallest absolute Gasteiger partial charge is 0.227 e. The Bertz CT molecular complexity index is 586. The number of carbonyl (C=O) groups is 2. The van der Waals surface area contributed by atoms with Gasteiger partial charge < -0.3 is 15.4 Å². The molecule has 23 heavy (non-hydrogen) atoms. The standard InChI is InChI=1S/C18H26N2O3/c1-12-6-7-20(16(8-12)11-19)18(22)10-15-9-14(13(2)21)4-5-17(15)23-3/h4-5,9,12,16H,6-8,10-11,19H2,1-3H3. The minimum Gasteiger partial charge on any atom is -0.496 e. The molecule has 1 saturated heterocycles. The van der Waals surface area contributed by atoms with Gasteiger partial charge in [-0.25, -0.2) is 0 Å². The van der Waals surface area contributed by atoms with E-state index < -0.39 is 0 Å². The molecule has 2 atom stereocenters. The molecule has 0 aliphatic carbocycles. The summed E-state index contributed by atoms with van der Waals surface area (Å²) in [5, 5.41) is 0. The number of rotatable bonds is 5. The van der Waals surface area contributed by atoms with Gasteiger partial charge in [-0.2, -0.15) is 0 Å². The Hall–Kier alpha value is -1.88. The monoisotopic (exact) mass is 318 g/mol. The number of methoxy groups -OCH3 is 1. The van der Waals surface area contributed by atoms with E-state index in [4.69, 9.17) is 10.5 Å². The van der Waals surface area contributed by atoms with Gasteiger partial charge in [0.2, 0.25) is 5.91 Å². The topological polar surface area (TPSA) is 72.6 Å². The van der Waals surface area contributed by atoms with E-state index in [0.717, 1.165) is 24.9 Å². The van der Waals surface area contributed by atoms with Crippen LogP contribution in [0.4, 0.5) is 0 Å². The summed E-state index contributed by atoms with van der Waals surface area (Å²) < 4.78 is 5.33. The molecular formula is C18H26N2O3. The van der Waals surface area contributed by atoms with Crippen LogP contribution >= 0.6 is 0 Å². The van der Waals surface area contributed by atoms with Crippen molar-refractivity contribution in [3.05, 3.63) is 29.3 Å². The maximum atomic E-state index is 12.7. The van der Waals surface area contributed by atoms with Crippen molar-refractivity contribution in [2.75, 3.05) is 20.2 Å². The number of amides is 1. The van der Waals surface area contributed by atoms with E-state index in [2.05, 4.69) is 6.92 Å². The Kier molecular flexibility index (Phi) is 5.77. The van der Waals surface area contributed by atoms with E-state index in [0.29, 0.717) is 23.8 Å². The van der Waals surface area contributed by atoms with Crippen LogP contribution in [0.15, 0.2) is 18.2 Å². The molecule has 1 heterocycles. The highest BCUT2D eigenvalue weighted by molar-refractivity contribution is 5.94. The van der Waals surface area contributed by atoms with Gasteiger partial charge in [-0.15, -0.1) is 0 Å². The Balaban J connectivity index is 2.18. The van der Waals surface area contributed by atoms with Crippen LogP contribution in [-0.4, -0.2) is 42.8 Å². The van der Waals surface area contributed by atoms with E-state index in [9.17, 15) is 9.59 Å². The highest BCUT2D eigenvalue weighted by atomic mass is 16.5. The first-order valence-corrected chi connectivity index (χ1v) is 8.13. The van der Waals surface area contributed by atoms with Crippen LogP contribution in [0.2, 0.25) is 0 Å². The van der Waals surface area contributed by atoms with Crippen LogP contribution in [0, 0.1) is 5.92 Å². The number of ketones is 1. The summed E-state index contributed by atoms with van der Waals surface area (Å²) in [4.78, 5) is 26.2. The normalized spacial score (nSPS) is 21.1. The van der Waals surface area contributed by atoms with Crippen molar-refractivity contribution in [3.8, 4) is 5.75 Å². The fourth-order valence-corrected chi connectivity index (χ4v) is 3.20. The summed E-state index contributed by atoms with van der Waals surface area (Å²) in [6.07, 6.45) is 2.19. The molecule has 2 rings (SSSR count). The third-order valence-electron chi connectivity index (χ3n) is 4.60. The Labute approximate surface area is 137 Å². The number of benzene rings is 1. The number of Topliss-reactive ketones (excluding diaryl/α,β-unsaturated/α-hetero) is 1. The lowest BCUT2D eigenvalue weighted by Crippen LogP contribution is -2.49. The second-order valence-electron chi connectivity index (χ2n) is 6.37. The SMILES string of the molecule is COc1ccc(C(C)=O)cc1CC(=O)N1CCC(C)CC1CN. The highest BCUT2D eigenvalue weighted by Gasteiger charge is 2.29. The first kappa shape index (κ1) is 17.5. The molecule has 1 aliphatic heterocycles. The van der Waals surface area contributed by atoms with Crippen molar-refractivity contribution in [1.29, 1.82) is 0 Å². The number of hydrogen-bond donors (Lipinski definition) is 1. The molecule has 0 bridgehead atoms. The number of hydrogen-bond acceptors (Lipinski definition) is 4. The van der Waals surface area contributed by atoms with Crippen molar-refractivity contribution in [3.63, 3.8) is 0 Å². The first-order chi connectivity index (χ1) is 11.0. The Morgan fingerprint density at radius 3 is 2.74 bits per heavy atom. The van der Waals surface area contributed by atoms with E-state index in [-0.39, 0.29) is 24.2 Å². The average molecular weight is 318 g/mol. The van der Waals surface area contributed by atoms with Crippen molar-refractivity contribution >= 4 is 11.7 Å². The van der Waals surface area contributed by atoms with Gasteiger partial charge in [0, 0.05) is 30.3 Å². The van der Waals surface area contributed by atoms with Crippen LogP contribution < -0.4 is 10.5 Å². The lowest BCUT2D eigenvalue weighted by Gasteiger charge is -2.38. The third kappa shape index (κ3) is 4.10. The van der Waals surface area contributed by atoms with E-state index >= 15 is 0 Å². The van der Waals surface area contributed by atoms with E-state index in [1.807, 2.05) is 4.90 Å². The summed E-state index contributed by atoms with van der Waals surface area (Å²) in [7, 11) is 1.57. The highest BCUT2D eigenvalue weighted by Crippen LogP contribution is 2.25. The molecule has 2 unspecified atom stereocenters. The van der Waals surface area contributed by atoms with Gasteiger partial charge in [-0.05, 0) is 43.9 Å². The molecule has 0 aromatic heterocycles. The molecule has 0 spiro atoms. The van der Waals surface area contributed by atoms with Gasteiger partial charge in [-0.1, -0.05) is 6.92 Å². The molecule has 5 heteroatoms. The minimum atomic E-state index is -0.0204. The molecule has 0 radical (unpaired) electrons. The maximum Gasteiger partial charge on any atom is 0.227 e.